The van der Waals surface area contributed by atoms with E-state index >= 15 is 0 Å². The molecule has 0 saturated carbocycles. The van der Waals surface area contributed by atoms with E-state index in [0.29, 0.717) is 5.57 Å². The molecule has 0 amide bonds. The maximum Gasteiger partial charge on any atom is 0.417 e. The van der Waals surface area contributed by atoms with Crippen molar-refractivity contribution in [1.29, 1.82) is 0 Å². The Hall–Kier alpha value is -2.50. The number of fused-ring (bicyclic) bond motifs is 1. The predicted molar refractivity (Wildman–Crippen MR) is 117 cm³/mol. The molecular weight excluding hydrogens is 405 g/mol. The first-order chi connectivity index (χ1) is 14.2. The molecule has 0 atom stereocenters. The average Bonchev–Trinajstić information content (AvgIpc) is 2.61. The molecule has 0 aliphatic heterocycles. The van der Waals surface area contributed by atoms with E-state index in [9.17, 15) is 18.0 Å². The fraction of sp³-hybridized carbons (Fsp3) is 0.480. The summed E-state index contributed by atoms with van der Waals surface area (Å²) in [6.07, 6.45) is 1.69. The lowest BCUT2D eigenvalue weighted by Gasteiger charge is -2.42. The Labute approximate surface area is 182 Å². The Morgan fingerprint density at radius 2 is 1.68 bits per heavy atom. The van der Waals surface area contributed by atoms with Crippen LogP contribution < -0.4 is 4.74 Å². The van der Waals surface area contributed by atoms with E-state index in [1.807, 2.05) is 0 Å². The molecule has 3 nitrogen and oxygen atoms in total. The Kier molecular flexibility index (Phi) is 7.14. The van der Waals surface area contributed by atoms with E-state index in [1.165, 1.54) is 19.1 Å². The number of hydrogen-bond donors (Lipinski definition) is 1. The lowest BCUT2D eigenvalue weighted by molar-refractivity contribution is -0.131. The molecule has 0 saturated heterocycles. The number of carboxylic acid groups (broad SMARTS) is 1. The quantitative estimate of drug-likeness (QED) is 0.387. The second-order valence-electron chi connectivity index (χ2n) is 9.26. The summed E-state index contributed by atoms with van der Waals surface area (Å²) in [5.41, 5.74) is 1.04. The molecule has 6 heteroatoms. The van der Waals surface area contributed by atoms with Crippen molar-refractivity contribution in [3.05, 3.63) is 58.7 Å². The number of halogens is 3. The number of allylic oxidation sites excluding steroid dienone is 5. The molecular formula is C25H31F3O3. The summed E-state index contributed by atoms with van der Waals surface area (Å²) in [6.45, 7) is 11.8. The number of rotatable bonds is 6. The minimum absolute atomic E-state index is 0.00314. The maximum absolute atomic E-state index is 14.1. The molecule has 1 N–H and O–H groups in total. The summed E-state index contributed by atoms with van der Waals surface area (Å²) in [5, 5.41) is 8.78. The summed E-state index contributed by atoms with van der Waals surface area (Å²) >= 11 is 0. The monoisotopic (exact) mass is 436 g/mol. The SMILES string of the molecule is CCOc1cc2c(cc1\C(=C/C=C/C(C)=C/C(=O)O)C(F)(F)F)C(C)(C)CCC2(C)C. The average molecular weight is 437 g/mol. The van der Waals surface area contributed by atoms with Crippen LogP contribution in [0.15, 0.2) is 42.0 Å². The van der Waals surface area contributed by atoms with E-state index in [-0.39, 0.29) is 28.7 Å². The summed E-state index contributed by atoms with van der Waals surface area (Å²) in [4.78, 5) is 10.7. The van der Waals surface area contributed by atoms with Crippen LogP contribution in [0.25, 0.3) is 5.57 Å². The van der Waals surface area contributed by atoms with Gasteiger partial charge in [-0.25, -0.2) is 4.79 Å². The highest BCUT2D eigenvalue weighted by Gasteiger charge is 2.41. The molecule has 0 fully saturated rings. The first kappa shape index (κ1) is 24.8. The van der Waals surface area contributed by atoms with Gasteiger partial charge in [0.15, 0.2) is 0 Å². The van der Waals surface area contributed by atoms with Gasteiger partial charge in [0.1, 0.15) is 5.75 Å². The summed E-state index contributed by atoms with van der Waals surface area (Å²) in [6, 6.07) is 3.41. The second-order valence-corrected chi connectivity index (χ2v) is 9.26. The van der Waals surface area contributed by atoms with Crippen LogP contribution in [0, 0.1) is 0 Å². The molecule has 170 valence electrons. The van der Waals surface area contributed by atoms with Gasteiger partial charge in [0, 0.05) is 11.6 Å². The van der Waals surface area contributed by atoms with Gasteiger partial charge >= 0.3 is 12.1 Å². The van der Waals surface area contributed by atoms with Crippen molar-refractivity contribution in [2.45, 2.75) is 71.4 Å². The highest BCUT2D eigenvalue weighted by Crippen LogP contribution is 2.50. The van der Waals surface area contributed by atoms with E-state index in [0.717, 1.165) is 36.1 Å². The normalized spacial score (nSPS) is 18.7. The van der Waals surface area contributed by atoms with E-state index in [4.69, 9.17) is 9.84 Å². The van der Waals surface area contributed by atoms with Crippen LogP contribution in [-0.2, 0) is 15.6 Å². The number of hydrogen-bond acceptors (Lipinski definition) is 2. The van der Waals surface area contributed by atoms with Crippen molar-refractivity contribution >= 4 is 11.5 Å². The fourth-order valence-corrected chi connectivity index (χ4v) is 3.96. The summed E-state index contributed by atoms with van der Waals surface area (Å²) in [7, 11) is 0. The number of aliphatic carboxylic acids is 1. The van der Waals surface area contributed by atoms with Crippen LogP contribution in [0.5, 0.6) is 5.75 Å². The van der Waals surface area contributed by atoms with Crippen LogP contribution in [0.1, 0.15) is 71.1 Å². The number of carbonyl (C=O) groups is 1. The third-order valence-electron chi connectivity index (χ3n) is 5.82. The van der Waals surface area contributed by atoms with Crippen LogP contribution in [0.2, 0.25) is 0 Å². The zero-order chi connectivity index (χ0) is 23.6. The van der Waals surface area contributed by atoms with Crippen molar-refractivity contribution in [2.75, 3.05) is 6.61 Å². The van der Waals surface area contributed by atoms with Crippen LogP contribution in [-0.4, -0.2) is 23.9 Å². The predicted octanol–water partition coefficient (Wildman–Crippen LogP) is 6.97. The molecule has 0 radical (unpaired) electrons. The molecule has 0 aromatic heterocycles. The van der Waals surface area contributed by atoms with E-state index in [2.05, 4.69) is 27.7 Å². The third-order valence-corrected chi connectivity index (χ3v) is 5.82. The van der Waals surface area contributed by atoms with Gasteiger partial charge in [-0.2, -0.15) is 13.2 Å². The molecule has 0 unspecified atom stereocenters. The van der Waals surface area contributed by atoms with Gasteiger partial charge in [0.2, 0.25) is 0 Å². The van der Waals surface area contributed by atoms with Crippen molar-refractivity contribution in [3.8, 4) is 5.75 Å². The molecule has 1 aromatic carbocycles. The zero-order valence-electron chi connectivity index (χ0n) is 19.0. The molecule has 1 aromatic rings. The Bertz CT molecular complexity index is 932. The molecule has 2 rings (SSSR count). The van der Waals surface area contributed by atoms with Crippen molar-refractivity contribution in [2.24, 2.45) is 0 Å². The number of benzene rings is 1. The topological polar surface area (TPSA) is 46.5 Å². The van der Waals surface area contributed by atoms with Gasteiger partial charge < -0.3 is 9.84 Å². The van der Waals surface area contributed by atoms with Crippen LogP contribution >= 0.6 is 0 Å². The van der Waals surface area contributed by atoms with Crippen LogP contribution in [0.4, 0.5) is 13.2 Å². The highest BCUT2D eigenvalue weighted by molar-refractivity contribution is 5.81. The third kappa shape index (κ3) is 5.81. The minimum atomic E-state index is -4.61. The molecule has 31 heavy (non-hydrogen) atoms. The molecule has 0 bridgehead atoms. The Morgan fingerprint density at radius 3 is 2.16 bits per heavy atom. The molecule has 0 spiro atoms. The number of ether oxygens (including phenoxy) is 1. The number of carboxylic acids is 1. The Morgan fingerprint density at radius 1 is 1.13 bits per heavy atom. The van der Waals surface area contributed by atoms with Crippen molar-refractivity contribution in [1.82, 2.24) is 0 Å². The first-order valence-electron chi connectivity index (χ1n) is 10.4. The lowest BCUT2D eigenvalue weighted by Crippen LogP contribution is -2.34. The van der Waals surface area contributed by atoms with Crippen molar-refractivity contribution < 1.29 is 27.8 Å². The summed E-state index contributed by atoms with van der Waals surface area (Å²) < 4.78 is 47.9. The molecule has 0 heterocycles. The smallest absolute Gasteiger partial charge is 0.417 e. The van der Waals surface area contributed by atoms with Crippen molar-refractivity contribution in [3.63, 3.8) is 0 Å². The fourth-order valence-electron chi connectivity index (χ4n) is 3.96. The molecule has 1 aliphatic rings. The van der Waals surface area contributed by atoms with Gasteiger partial charge in [0.05, 0.1) is 12.2 Å². The number of alkyl halides is 3. The summed E-state index contributed by atoms with van der Waals surface area (Å²) in [5.74, 6) is -0.942. The largest absolute Gasteiger partial charge is 0.493 e. The van der Waals surface area contributed by atoms with Gasteiger partial charge in [-0.15, -0.1) is 0 Å². The van der Waals surface area contributed by atoms with E-state index in [1.54, 1.807) is 19.1 Å². The minimum Gasteiger partial charge on any atom is -0.493 e. The lowest BCUT2D eigenvalue weighted by atomic mass is 9.62. The van der Waals surface area contributed by atoms with Gasteiger partial charge in [-0.1, -0.05) is 39.8 Å². The van der Waals surface area contributed by atoms with Gasteiger partial charge in [-0.3, -0.25) is 0 Å². The van der Waals surface area contributed by atoms with Crippen LogP contribution in [0.3, 0.4) is 0 Å². The van der Waals surface area contributed by atoms with Gasteiger partial charge in [-0.05, 0) is 72.4 Å². The highest BCUT2D eigenvalue weighted by atomic mass is 19.4. The second kappa shape index (κ2) is 8.93. The van der Waals surface area contributed by atoms with Gasteiger partial charge in [0.25, 0.3) is 0 Å². The maximum atomic E-state index is 14.1. The Balaban J connectivity index is 2.72. The molecule has 1 aliphatic carbocycles. The first-order valence-corrected chi connectivity index (χ1v) is 10.4. The standard InChI is InChI=1S/C25H31F3O3/c1-7-31-21-15-20-19(23(3,4)11-12-24(20,5)6)14-17(21)18(25(26,27)28)10-8-9-16(2)13-22(29)30/h8-10,13-15H,7,11-12H2,1-6H3,(H,29,30)/b9-8+,16-13+,18-10+. The van der Waals surface area contributed by atoms with E-state index < -0.39 is 17.7 Å². The zero-order valence-corrected chi connectivity index (χ0v) is 19.0.